The van der Waals surface area contributed by atoms with E-state index in [2.05, 4.69) is 4.98 Å². The highest BCUT2D eigenvalue weighted by Gasteiger charge is 2.44. The van der Waals surface area contributed by atoms with Crippen LogP contribution in [0, 0.1) is 5.41 Å². The van der Waals surface area contributed by atoms with Crippen molar-refractivity contribution >= 4 is 17.8 Å². The number of hydrogen-bond acceptors (Lipinski definition) is 6. The number of pyridine rings is 1. The molecule has 1 atom stereocenters. The van der Waals surface area contributed by atoms with Gasteiger partial charge < -0.3 is 25.8 Å². The van der Waals surface area contributed by atoms with Crippen molar-refractivity contribution < 1.29 is 19.1 Å². The zero-order valence-corrected chi connectivity index (χ0v) is 15.3. The molecule has 0 spiro atoms. The molecule has 2 rings (SSSR count). The van der Waals surface area contributed by atoms with Gasteiger partial charge in [0, 0.05) is 18.2 Å². The molecule has 2 amide bonds. The second-order valence-electron chi connectivity index (χ2n) is 7.93. The standard InChI is InChI=1S/C17H26N4O4/c1-16(2,3)25-15(23)21-8-12(17(4,5)9-21)24-11-6-10(14(19)22)7-20-13(11)18/h6-7,12H,8-9H2,1-5H3,(H2,18,20)(H2,19,22). The molecular formula is C17H26N4O4. The summed E-state index contributed by atoms with van der Waals surface area (Å²) in [6, 6.07) is 1.47. The number of nitrogen functional groups attached to an aromatic ring is 1. The van der Waals surface area contributed by atoms with Crippen LogP contribution in [0.2, 0.25) is 0 Å². The first-order valence-corrected chi connectivity index (χ1v) is 8.09. The largest absolute Gasteiger partial charge is 0.484 e. The number of primary amides is 1. The van der Waals surface area contributed by atoms with E-state index in [1.165, 1.54) is 12.3 Å². The molecule has 1 aliphatic heterocycles. The van der Waals surface area contributed by atoms with Gasteiger partial charge in [-0.1, -0.05) is 13.8 Å². The number of aromatic nitrogens is 1. The quantitative estimate of drug-likeness (QED) is 0.857. The average molecular weight is 350 g/mol. The molecule has 1 saturated heterocycles. The second-order valence-corrected chi connectivity index (χ2v) is 7.93. The van der Waals surface area contributed by atoms with E-state index in [4.69, 9.17) is 20.9 Å². The number of carbonyl (C=O) groups excluding carboxylic acids is 2. The van der Waals surface area contributed by atoms with Gasteiger partial charge in [-0.15, -0.1) is 0 Å². The maximum atomic E-state index is 12.3. The van der Waals surface area contributed by atoms with Crippen LogP contribution in [-0.2, 0) is 4.74 Å². The zero-order valence-electron chi connectivity index (χ0n) is 15.3. The minimum atomic E-state index is -0.613. The van der Waals surface area contributed by atoms with Gasteiger partial charge in [0.1, 0.15) is 11.7 Å². The Morgan fingerprint density at radius 1 is 1.36 bits per heavy atom. The van der Waals surface area contributed by atoms with E-state index in [1.54, 1.807) is 4.90 Å². The van der Waals surface area contributed by atoms with Gasteiger partial charge in [0.25, 0.3) is 0 Å². The van der Waals surface area contributed by atoms with Gasteiger partial charge in [-0.3, -0.25) is 4.79 Å². The lowest BCUT2D eigenvalue weighted by Crippen LogP contribution is -2.36. The number of nitrogens with two attached hydrogens (primary N) is 2. The Morgan fingerprint density at radius 2 is 2.00 bits per heavy atom. The summed E-state index contributed by atoms with van der Waals surface area (Å²) in [6.45, 7) is 10.3. The Hall–Kier alpha value is -2.51. The summed E-state index contributed by atoms with van der Waals surface area (Å²) in [5.74, 6) is -0.171. The molecule has 1 aromatic heterocycles. The summed E-state index contributed by atoms with van der Waals surface area (Å²) in [5, 5.41) is 0. The predicted molar refractivity (Wildman–Crippen MR) is 93.2 cm³/mol. The van der Waals surface area contributed by atoms with Crippen LogP contribution in [0.3, 0.4) is 0 Å². The molecule has 0 radical (unpaired) electrons. The first-order valence-electron chi connectivity index (χ1n) is 8.09. The fourth-order valence-electron chi connectivity index (χ4n) is 2.61. The number of hydrogen-bond donors (Lipinski definition) is 2. The molecule has 8 heteroatoms. The van der Waals surface area contributed by atoms with Crippen molar-refractivity contribution in [3.05, 3.63) is 17.8 Å². The molecule has 2 heterocycles. The van der Waals surface area contributed by atoms with Crippen LogP contribution in [0.1, 0.15) is 45.0 Å². The number of likely N-dealkylation sites (tertiary alicyclic amines) is 1. The molecule has 138 valence electrons. The third-order valence-electron chi connectivity index (χ3n) is 3.94. The van der Waals surface area contributed by atoms with Crippen LogP contribution in [-0.4, -0.2) is 46.7 Å². The molecule has 0 bridgehead atoms. The van der Waals surface area contributed by atoms with Gasteiger partial charge in [0.05, 0.1) is 12.1 Å². The van der Waals surface area contributed by atoms with Crippen LogP contribution < -0.4 is 16.2 Å². The second kappa shape index (κ2) is 6.42. The first kappa shape index (κ1) is 18.8. The maximum Gasteiger partial charge on any atom is 0.410 e. The first-order chi connectivity index (χ1) is 11.4. The number of carbonyl (C=O) groups is 2. The van der Waals surface area contributed by atoms with Crippen LogP contribution in [0.25, 0.3) is 0 Å². The molecule has 1 aliphatic rings. The number of anilines is 1. The summed E-state index contributed by atoms with van der Waals surface area (Å²) in [7, 11) is 0. The number of nitrogens with zero attached hydrogens (tertiary/aromatic N) is 2. The van der Waals surface area contributed by atoms with Crippen molar-refractivity contribution in [2.75, 3.05) is 18.8 Å². The summed E-state index contributed by atoms with van der Waals surface area (Å²) in [4.78, 5) is 29.2. The Bertz CT molecular complexity index is 682. The normalized spacial score (nSPS) is 19.6. The van der Waals surface area contributed by atoms with Gasteiger partial charge >= 0.3 is 6.09 Å². The lowest BCUT2D eigenvalue weighted by atomic mass is 9.90. The minimum Gasteiger partial charge on any atom is -0.484 e. The fraction of sp³-hybridized carbons (Fsp3) is 0.588. The Morgan fingerprint density at radius 3 is 2.56 bits per heavy atom. The van der Waals surface area contributed by atoms with Crippen LogP contribution in [0.5, 0.6) is 5.75 Å². The summed E-state index contributed by atoms with van der Waals surface area (Å²) < 4.78 is 11.4. The van der Waals surface area contributed by atoms with Crippen molar-refractivity contribution in [1.29, 1.82) is 0 Å². The Balaban J connectivity index is 2.16. The van der Waals surface area contributed by atoms with E-state index in [-0.39, 0.29) is 34.7 Å². The monoisotopic (exact) mass is 350 g/mol. The average Bonchev–Trinajstić information content (AvgIpc) is 2.74. The highest BCUT2D eigenvalue weighted by molar-refractivity contribution is 5.93. The molecule has 1 aromatic rings. The third kappa shape index (κ3) is 4.52. The fourth-order valence-corrected chi connectivity index (χ4v) is 2.61. The van der Waals surface area contributed by atoms with Crippen molar-refractivity contribution in [2.24, 2.45) is 11.1 Å². The molecule has 1 unspecified atom stereocenters. The molecule has 25 heavy (non-hydrogen) atoms. The van der Waals surface area contributed by atoms with Gasteiger partial charge in [-0.25, -0.2) is 9.78 Å². The van der Waals surface area contributed by atoms with Crippen molar-refractivity contribution in [3.63, 3.8) is 0 Å². The minimum absolute atomic E-state index is 0.163. The topological polar surface area (TPSA) is 121 Å². The van der Waals surface area contributed by atoms with Crippen LogP contribution in [0.4, 0.5) is 10.6 Å². The van der Waals surface area contributed by atoms with E-state index in [0.29, 0.717) is 13.1 Å². The van der Waals surface area contributed by atoms with Crippen molar-refractivity contribution in [1.82, 2.24) is 9.88 Å². The lowest BCUT2D eigenvalue weighted by Gasteiger charge is -2.26. The molecule has 8 nitrogen and oxygen atoms in total. The Labute approximate surface area is 147 Å². The van der Waals surface area contributed by atoms with Gasteiger partial charge in [-0.2, -0.15) is 0 Å². The van der Waals surface area contributed by atoms with Crippen LogP contribution >= 0.6 is 0 Å². The van der Waals surface area contributed by atoms with E-state index in [1.807, 2.05) is 34.6 Å². The number of ether oxygens (including phenoxy) is 2. The van der Waals surface area contributed by atoms with Gasteiger partial charge in [0.15, 0.2) is 11.6 Å². The smallest absolute Gasteiger partial charge is 0.410 e. The van der Waals surface area contributed by atoms with E-state index < -0.39 is 11.5 Å². The molecular weight excluding hydrogens is 324 g/mol. The van der Waals surface area contributed by atoms with Gasteiger partial charge in [0.2, 0.25) is 5.91 Å². The highest BCUT2D eigenvalue weighted by Crippen LogP contribution is 2.35. The molecule has 4 N–H and O–H groups in total. The highest BCUT2D eigenvalue weighted by atomic mass is 16.6. The van der Waals surface area contributed by atoms with E-state index >= 15 is 0 Å². The predicted octanol–water partition coefficient (Wildman–Crippen LogP) is 1.79. The van der Waals surface area contributed by atoms with E-state index in [9.17, 15) is 9.59 Å². The van der Waals surface area contributed by atoms with Crippen LogP contribution in [0.15, 0.2) is 12.3 Å². The third-order valence-corrected chi connectivity index (χ3v) is 3.94. The van der Waals surface area contributed by atoms with E-state index in [0.717, 1.165) is 0 Å². The number of rotatable bonds is 3. The SMILES string of the molecule is CC(C)(C)OC(=O)N1CC(Oc2cc(C(N)=O)cnc2N)C(C)(C)C1. The van der Waals surface area contributed by atoms with Gasteiger partial charge in [-0.05, 0) is 26.8 Å². The summed E-state index contributed by atoms with van der Waals surface area (Å²) in [6.07, 6.45) is 0.591. The molecule has 0 aromatic carbocycles. The van der Waals surface area contributed by atoms with Crippen molar-refractivity contribution in [2.45, 2.75) is 46.3 Å². The molecule has 1 fully saturated rings. The van der Waals surface area contributed by atoms with Crippen molar-refractivity contribution in [3.8, 4) is 5.75 Å². The molecule has 0 aliphatic carbocycles. The molecule has 0 saturated carbocycles. The lowest BCUT2D eigenvalue weighted by molar-refractivity contribution is 0.0272. The number of amides is 2. The summed E-state index contributed by atoms with van der Waals surface area (Å²) in [5.41, 5.74) is 10.4. The zero-order chi connectivity index (χ0) is 19.0. The maximum absolute atomic E-state index is 12.3. The summed E-state index contributed by atoms with van der Waals surface area (Å²) >= 11 is 0. The Kier molecular flexibility index (Phi) is 4.83.